The zero-order chi connectivity index (χ0) is 11.0. The number of rotatable bonds is 2. The van der Waals surface area contributed by atoms with Crippen molar-refractivity contribution in [1.29, 1.82) is 0 Å². The minimum Gasteiger partial charge on any atom is -0.454 e. The number of hydrogen-bond acceptors (Lipinski definition) is 6. The molecule has 0 saturated heterocycles. The van der Waals surface area contributed by atoms with Crippen molar-refractivity contribution < 1.29 is 9.47 Å². The van der Waals surface area contributed by atoms with Gasteiger partial charge in [-0.3, -0.25) is 4.98 Å². The van der Waals surface area contributed by atoms with Crippen molar-refractivity contribution in [2.45, 2.75) is 0 Å². The number of nitrogens with one attached hydrogen (secondary N) is 2. The molecule has 0 amide bonds. The molecule has 0 fully saturated rings. The Hall–Kier alpha value is -2.44. The van der Waals surface area contributed by atoms with Crippen LogP contribution in [0.4, 0.5) is 17.6 Å². The van der Waals surface area contributed by atoms with E-state index in [2.05, 4.69) is 20.5 Å². The Morgan fingerprint density at radius 2 is 2.25 bits per heavy atom. The predicted octanol–water partition coefficient (Wildman–Crippen LogP) is 0.859. The molecule has 0 unspecified atom stereocenters. The maximum absolute atomic E-state index is 5.42. The molecule has 0 radical (unpaired) electrons. The van der Waals surface area contributed by atoms with Gasteiger partial charge in [-0.05, 0) is 12.1 Å². The maximum atomic E-state index is 5.42. The van der Waals surface area contributed by atoms with Crippen molar-refractivity contribution in [1.82, 2.24) is 15.2 Å². The third-order valence-corrected chi connectivity index (χ3v) is 2.15. The van der Waals surface area contributed by atoms with E-state index in [4.69, 9.17) is 15.2 Å². The van der Waals surface area contributed by atoms with Gasteiger partial charge in [0, 0.05) is 0 Å². The number of aromatic amines is 1. The van der Waals surface area contributed by atoms with E-state index in [0.717, 1.165) is 5.69 Å². The molecule has 4 N–H and O–H groups in total. The van der Waals surface area contributed by atoms with Crippen LogP contribution in [0.3, 0.4) is 0 Å². The number of anilines is 3. The van der Waals surface area contributed by atoms with E-state index >= 15 is 0 Å². The molecule has 1 aromatic carbocycles. The Balaban J connectivity index is 1.93. The molecule has 0 spiro atoms. The van der Waals surface area contributed by atoms with E-state index in [-0.39, 0.29) is 12.7 Å². The van der Waals surface area contributed by atoms with Gasteiger partial charge < -0.3 is 20.5 Å². The van der Waals surface area contributed by atoms with Gasteiger partial charge in [-0.25, -0.2) is 0 Å². The summed E-state index contributed by atoms with van der Waals surface area (Å²) in [5.41, 5.74) is 6.18. The van der Waals surface area contributed by atoms with Crippen molar-refractivity contribution in [2.24, 2.45) is 0 Å². The second-order valence-corrected chi connectivity index (χ2v) is 3.22. The van der Waals surface area contributed by atoms with Crippen LogP contribution in [0.5, 0.6) is 11.5 Å². The number of benzene rings is 1. The predicted molar refractivity (Wildman–Crippen MR) is 56.6 cm³/mol. The van der Waals surface area contributed by atoms with Crippen LogP contribution in [0, 0.1) is 0 Å². The van der Waals surface area contributed by atoms with Gasteiger partial charge in [-0.1, -0.05) is 6.07 Å². The van der Waals surface area contributed by atoms with E-state index in [1.807, 2.05) is 18.2 Å². The van der Waals surface area contributed by atoms with Crippen LogP contribution in [0.25, 0.3) is 0 Å². The van der Waals surface area contributed by atoms with Crippen LogP contribution in [0.1, 0.15) is 0 Å². The van der Waals surface area contributed by atoms with Crippen molar-refractivity contribution in [2.75, 3.05) is 17.8 Å². The fourth-order valence-corrected chi connectivity index (χ4v) is 1.49. The van der Waals surface area contributed by atoms with Gasteiger partial charge in [0.25, 0.3) is 0 Å². The molecule has 82 valence electrons. The number of nitrogen functional groups attached to an aromatic ring is 1. The van der Waals surface area contributed by atoms with Gasteiger partial charge in [0.05, 0.1) is 5.69 Å². The average Bonchev–Trinajstić information content (AvgIpc) is 2.87. The zero-order valence-corrected chi connectivity index (χ0v) is 8.23. The summed E-state index contributed by atoms with van der Waals surface area (Å²) in [4.78, 5) is 2.76. The molecule has 0 atom stereocenters. The van der Waals surface area contributed by atoms with Gasteiger partial charge in [-0.15, -0.1) is 10.2 Å². The van der Waals surface area contributed by atoms with Crippen LogP contribution in [-0.2, 0) is 0 Å². The van der Waals surface area contributed by atoms with Crippen molar-refractivity contribution in [3.63, 3.8) is 0 Å². The Bertz CT molecular complexity index is 524. The lowest BCUT2D eigenvalue weighted by Crippen LogP contribution is -1.96. The quantitative estimate of drug-likeness (QED) is 0.692. The van der Waals surface area contributed by atoms with Gasteiger partial charge in [0.15, 0.2) is 11.5 Å². The molecular formula is C9H9N5O2. The minimum absolute atomic E-state index is 0.229. The van der Waals surface area contributed by atoms with Gasteiger partial charge in [0.2, 0.25) is 18.7 Å². The van der Waals surface area contributed by atoms with E-state index in [9.17, 15) is 0 Å². The molecule has 2 heterocycles. The summed E-state index contributed by atoms with van der Waals surface area (Å²) in [5, 5.41) is 10.5. The molecule has 1 aliphatic rings. The summed E-state index contributed by atoms with van der Waals surface area (Å²) >= 11 is 0. The number of nitrogens with zero attached hydrogens (tertiary/aromatic N) is 2. The molecule has 0 saturated carbocycles. The molecule has 7 heteroatoms. The molecule has 1 aromatic heterocycles. The van der Waals surface area contributed by atoms with Gasteiger partial charge >= 0.3 is 0 Å². The SMILES string of the molecule is Nc1nnc(Nc2cccc3c2OCO3)[nH]1. The Morgan fingerprint density at radius 3 is 3.06 bits per heavy atom. The largest absolute Gasteiger partial charge is 0.454 e. The highest BCUT2D eigenvalue weighted by molar-refractivity contribution is 5.68. The van der Waals surface area contributed by atoms with Crippen LogP contribution in [-0.4, -0.2) is 22.0 Å². The molecule has 2 aromatic rings. The molecule has 16 heavy (non-hydrogen) atoms. The summed E-state index contributed by atoms with van der Waals surface area (Å²) in [7, 11) is 0. The minimum atomic E-state index is 0.229. The first-order chi connectivity index (χ1) is 7.83. The van der Waals surface area contributed by atoms with E-state index in [0.29, 0.717) is 17.4 Å². The normalized spacial score (nSPS) is 12.8. The maximum Gasteiger partial charge on any atom is 0.231 e. The first-order valence-corrected chi connectivity index (χ1v) is 4.67. The molecule has 1 aliphatic heterocycles. The van der Waals surface area contributed by atoms with Crippen molar-refractivity contribution >= 4 is 17.6 Å². The molecule has 0 bridgehead atoms. The van der Waals surface area contributed by atoms with E-state index < -0.39 is 0 Å². The second kappa shape index (κ2) is 3.30. The molecular weight excluding hydrogens is 210 g/mol. The fourth-order valence-electron chi connectivity index (χ4n) is 1.49. The van der Waals surface area contributed by atoms with E-state index in [1.54, 1.807) is 0 Å². The monoisotopic (exact) mass is 219 g/mol. The highest BCUT2D eigenvalue weighted by Gasteiger charge is 2.17. The number of hydrogen-bond donors (Lipinski definition) is 3. The summed E-state index contributed by atoms with van der Waals surface area (Å²) in [6.07, 6.45) is 0. The van der Waals surface area contributed by atoms with Gasteiger partial charge in [0.1, 0.15) is 0 Å². The Labute approximate surface area is 90.6 Å². The number of fused-ring (bicyclic) bond motifs is 1. The first kappa shape index (κ1) is 8.84. The smallest absolute Gasteiger partial charge is 0.231 e. The Kier molecular flexibility index (Phi) is 1.82. The zero-order valence-electron chi connectivity index (χ0n) is 8.23. The standard InChI is InChI=1S/C9H9N5O2/c10-8-12-9(14-13-8)11-5-2-1-3-6-7(5)16-4-15-6/h1-3H,4H2,(H4,10,11,12,13,14). The van der Waals surface area contributed by atoms with Crippen LogP contribution in [0.2, 0.25) is 0 Å². The topological polar surface area (TPSA) is 98.1 Å². The average molecular weight is 219 g/mol. The van der Waals surface area contributed by atoms with Crippen molar-refractivity contribution in [3.05, 3.63) is 18.2 Å². The fraction of sp³-hybridized carbons (Fsp3) is 0.111. The highest BCUT2D eigenvalue weighted by Crippen LogP contribution is 2.39. The summed E-state index contributed by atoms with van der Waals surface area (Å²) < 4.78 is 10.6. The first-order valence-electron chi connectivity index (χ1n) is 4.67. The lowest BCUT2D eigenvalue weighted by atomic mass is 10.3. The number of aromatic nitrogens is 3. The molecule has 3 rings (SSSR count). The number of para-hydroxylation sites is 1. The highest BCUT2D eigenvalue weighted by atomic mass is 16.7. The second-order valence-electron chi connectivity index (χ2n) is 3.22. The van der Waals surface area contributed by atoms with Crippen LogP contribution >= 0.6 is 0 Å². The lowest BCUT2D eigenvalue weighted by molar-refractivity contribution is 0.174. The number of H-pyrrole nitrogens is 1. The molecule has 7 nitrogen and oxygen atoms in total. The Morgan fingerprint density at radius 1 is 1.31 bits per heavy atom. The third kappa shape index (κ3) is 1.38. The van der Waals surface area contributed by atoms with Gasteiger partial charge in [-0.2, -0.15) is 0 Å². The van der Waals surface area contributed by atoms with Crippen molar-refractivity contribution in [3.8, 4) is 11.5 Å². The van der Waals surface area contributed by atoms with Crippen LogP contribution < -0.4 is 20.5 Å². The lowest BCUT2D eigenvalue weighted by Gasteiger charge is -2.05. The number of ether oxygens (including phenoxy) is 2. The summed E-state index contributed by atoms with van der Waals surface area (Å²) in [6.45, 7) is 0.229. The van der Waals surface area contributed by atoms with E-state index in [1.165, 1.54) is 0 Å². The molecule has 0 aliphatic carbocycles. The summed E-state index contributed by atoms with van der Waals surface area (Å²) in [6, 6.07) is 5.55. The van der Waals surface area contributed by atoms with Crippen LogP contribution in [0.15, 0.2) is 18.2 Å². The number of nitrogens with two attached hydrogens (primary N) is 1. The third-order valence-electron chi connectivity index (χ3n) is 2.15. The summed E-state index contributed by atoms with van der Waals surface area (Å²) in [5.74, 6) is 2.09.